The van der Waals surface area contributed by atoms with Crippen molar-refractivity contribution in [3.8, 4) is 0 Å². The van der Waals surface area contributed by atoms with Crippen LogP contribution in [0, 0.1) is 120 Å². The van der Waals surface area contributed by atoms with E-state index in [1.807, 2.05) is 51.1 Å². The van der Waals surface area contributed by atoms with Gasteiger partial charge in [-0.3, -0.25) is 69.7 Å². The number of nitro groups is 5. The third-order valence-electron chi connectivity index (χ3n) is 12.6. The molecule has 0 aromatic heterocycles. The van der Waals surface area contributed by atoms with Crippen molar-refractivity contribution < 1.29 is 68.7 Å². The topological polar surface area (TPSA) is 519 Å². The first-order valence-corrected chi connectivity index (χ1v) is 27.0. The van der Waals surface area contributed by atoms with Crippen LogP contribution >= 0.6 is 0 Å². The number of aldehydes is 1. The number of aryl methyl sites for hydroxylation is 10. The summed E-state index contributed by atoms with van der Waals surface area (Å²) in [5.41, 5.74) is 31.9. The quantitative estimate of drug-likeness (QED) is 0.0235. The van der Waals surface area contributed by atoms with Crippen LogP contribution in [0.1, 0.15) is 113 Å². The summed E-state index contributed by atoms with van der Waals surface area (Å²) in [5.74, 6) is -3.21. The van der Waals surface area contributed by atoms with Gasteiger partial charge in [0, 0.05) is 113 Å². The fraction of sp³-hybridized carbons (Fsp3) is 0.226. The van der Waals surface area contributed by atoms with E-state index in [4.69, 9.17) is 38.3 Å². The Morgan fingerprint density at radius 2 is 0.742 bits per heavy atom. The molecule has 0 aliphatic heterocycles. The van der Waals surface area contributed by atoms with Gasteiger partial charge in [0.1, 0.15) is 0 Å². The van der Waals surface area contributed by atoms with Gasteiger partial charge in [0.2, 0.25) is 17.7 Å². The Balaban J connectivity index is 0.000000546. The molecule has 0 saturated heterocycles. The third kappa shape index (κ3) is 25.4. The van der Waals surface area contributed by atoms with Crippen molar-refractivity contribution in [2.75, 3.05) is 38.9 Å². The molecule has 14 N–H and O–H groups in total. The summed E-state index contributed by atoms with van der Waals surface area (Å²) in [6.07, 6.45) is 0.575. The zero-order valence-corrected chi connectivity index (χ0v) is 52.9. The summed E-state index contributed by atoms with van der Waals surface area (Å²) >= 11 is 0. The standard InChI is InChI=1S/C10H10N2O5.C10H12N2O3.C10H13NO.C8H8N2O4.C8H10N2O3.C8H8N2O3.C8H11N/c1-5-3-7(10(14)15)8(11-6(2)13)4-9(5)12(16)17;1-6-4-7(2)10(12(14)15)5-9(6)11-8(3)13;1-7-4-5-10(8(2)6-7)11-9(3)12;1-4-2-5(8(11)12)6(9)3-7(4)10(13)14;2*1-5-2-6(4-11)7(9)3-8(5)10(12)13;1-6-3-4-8(9)7(2)5-6/h3-4H,1-2H3,(H,11,13)(H,14,15);4-5H,1-3H3,(H,11,13);4-6H,1-3H3,(H,11,12);2-3H,9H2,1H3,(H,11,12);2-3,11H,4,9H2,1H3;2-4H,9H2,1H3;3-5H,9H2,1-2H3. The first-order valence-electron chi connectivity index (χ1n) is 27.0. The number of nitro benzene ring substituents is 5. The number of benzene rings is 7. The molecule has 0 heterocycles. The Labute approximate surface area is 532 Å². The molecule has 7 aromatic carbocycles. The number of anilines is 7. The number of carboxylic acid groups (broad SMARTS) is 2. The van der Waals surface area contributed by atoms with E-state index in [2.05, 4.69) is 28.9 Å². The molecule has 0 saturated carbocycles. The largest absolute Gasteiger partial charge is 0.478 e. The molecular weight excluding hydrogens is 1220 g/mol. The van der Waals surface area contributed by atoms with Crippen LogP contribution in [0.15, 0.2) is 97.1 Å². The van der Waals surface area contributed by atoms with Gasteiger partial charge in [0.05, 0.1) is 59.4 Å². The van der Waals surface area contributed by atoms with Gasteiger partial charge >= 0.3 is 11.9 Å². The maximum atomic E-state index is 10.9. The van der Waals surface area contributed by atoms with Gasteiger partial charge in [-0.2, -0.15) is 0 Å². The predicted molar refractivity (Wildman–Crippen MR) is 352 cm³/mol. The molecular formula is C62H72N12O19. The number of rotatable bonds is 12. The van der Waals surface area contributed by atoms with Crippen LogP contribution in [0.2, 0.25) is 0 Å². The fourth-order valence-corrected chi connectivity index (χ4v) is 7.93. The van der Waals surface area contributed by atoms with E-state index in [9.17, 15) is 79.3 Å². The van der Waals surface area contributed by atoms with Gasteiger partial charge in [0.25, 0.3) is 28.4 Å². The number of carbonyl (C=O) groups excluding carboxylic acids is 4. The SMILES string of the molecule is CC(=O)Nc1cc([N+](=O)[O-])c(C)cc1C.CC(=O)Nc1cc([N+](=O)[O-])c(C)cc1C(=O)O.CC(=O)Nc1ccc(C)cc1C.Cc1cc(C(=O)O)c(N)cc1[N+](=O)[O-].Cc1cc(C=O)c(N)cc1[N+](=O)[O-].Cc1cc(CO)c(N)cc1[N+](=O)[O-].Cc1ccc(N)c(C)c1. The number of aromatic carboxylic acids is 2. The number of hydrogen-bond acceptors (Lipinski definition) is 21. The summed E-state index contributed by atoms with van der Waals surface area (Å²) in [4.78, 5) is 114. The highest BCUT2D eigenvalue weighted by atomic mass is 16.6. The van der Waals surface area contributed by atoms with Crippen molar-refractivity contribution in [2.45, 2.75) is 96.6 Å². The van der Waals surface area contributed by atoms with E-state index < -0.39 is 42.5 Å². The molecule has 0 spiro atoms. The van der Waals surface area contributed by atoms with E-state index in [1.165, 1.54) is 82.1 Å². The van der Waals surface area contributed by atoms with Gasteiger partial charge in [-0.1, -0.05) is 35.4 Å². The first kappa shape index (κ1) is 78.7. The molecule has 0 bridgehead atoms. The monoisotopic (exact) mass is 1290 g/mol. The molecule has 0 unspecified atom stereocenters. The minimum Gasteiger partial charge on any atom is -0.478 e. The van der Waals surface area contributed by atoms with Crippen molar-refractivity contribution in [1.29, 1.82) is 0 Å². The molecule has 0 radical (unpaired) electrons. The van der Waals surface area contributed by atoms with Gasteiger partial charge in [-0.15, -0.1) is 0 Å². The Morgan fingerprint density at radius 1 is 0.398 bits per heavy atom. The van der Waals surface area contributed by atoms with Crippen molar-refractivity contribution in [3.63, 3.8) is 0 Å². The third-order valence-corrected chi connectivity index (χ3v) is 12.6. The number of nitrogens with zero attached hydrogens (tertiary/aromatic N) is 5. The molecule has 3 amide bonds. The van der Waals surface area contributed by atoms with E-state index in [1.54, 1.807) is 33.8 Å². The Hall–Kier alpha value is -12.3. The average Bonchev–Trinajstić information content (AvgIpc) is 0.884. The second-order valence-electron chi connectivity index (χ2n) is 20.4. The molecule has 31 heteroatoms. The van der Waals surface area contributed by atoms with E-state index >= 15 is 0 Å². The average molecular weight is 1290 g/mol. The molecule has 31 nitrogen and oxygen atoms in total. The van der Waals surface area contributed by atoms with Crippen molar-refractivity contribution >= 4 is 104 Å². The van der Waals surface area contributed by atoms with Gasteiger partial charge in [-0.25, -0.2) is 9.59 Å². The predicted octanol–water partition coefficient (Wildman–Crippen LogP) is 11.3. The lowest BCUT2D eigenvalue weighted by atomic mass is 10.1. The maximum Gasteiger partial charge on any atom is 0.337 e. The molecule has 7 aromatic rings. The van der Waals surface area contributed by atoms with Crippen molar-refractivity contribution in [3.05, 3.63) is 226 Å². The molecule has 0 aliphatic carbocycles. The maximum absolute atomic E-state index is 10.9. The molecule has 93 heavy (non-hydrogen) atoms. The highest BCUT2D eigenvalue weighted by Gasteiger charge is 2.21. The summed E-state index contributed by atoms with van der Waals surface area (Å²) in [7, 11) is 0. The van der Waals surface area contributed by atoms with Crippen molar-refractivity contribution in [1.82, 2.24) is 0 Å². The number of aliphatic hydroxyl groups excluding tert-OH is 1. The molecule has 0 atom stereocenters. The minimum atomic E-state index is -1.26. The smallest absolute Gasteiger partial charge is 0.337 e. The summed E-state index contributed by atoms with van der Waals surface area (Å²) in [5, 5.41) is 86.7. The Bertz CT molecular complexity index is 3980. The van der Waals surface area contributed by atoms with E-state index in [0.29, 0.717) is 34.2 Å². The number of hydrogen-bond donors (Lipinski definition) is 10. The van der Waals surface area contributed by atoms with Crippen LogP contribution in [-0.2, 0) is 21.0 Å². The summed E-state index contributed by atoms with van der Waals surface area (Å²) in [6.45, 7) is 21.5. The zero-order chi connectivity index (χ0) is 71.6. The van der Waals surface area contributed by atoms with Crippen LogP contribution in [0.25, 0.3) is 0 Å². The Kier molecular flexibility index (Phi) is 30.7. The van der Waals surface area contributed by atoms with Crippen molar-refractivity contribution in [2.24, 2.45) is 0 Å². The van der Waals surface area contributed by atoms with Crippen LogP contribution in [0.3, 0.4) is 0 Å². The number of nitrogen functional groups attached to an aromatic ring is 4. The number of carboxylic acids is 2. The fourth-order valence-electron chi connectivity index (χ4n) is 7.93. The number of nitrogens with two attached hydrogens (primary N) is 4. The van der Waals surface area contributed by atoms with Crippen LogP contribution in [0.5, 0.6) is 0 Å². The number of amides is 3. The van der Waals surface area contributed by atoms with E-state index in [-0.39, 0.29) is 97.4 Å². The zero-order valence-electron chi connectivity index (χ0n) is 52.9. The highest BCUT2D eigenvalue weighted by molar-refractivity contribution is 6.01. The molecule has 0 aliphatic rings. The number of aliphatic hydroxyl groups is 1. The highest BCUT2D eigenvalue weighted by Crippen LogP contribution is 2.30. The molecule has 494 valence electrons. The van der Waals surface area contributed by atoms with Crippen LogP contribution < -0.4 is 38.9 Å². The first-order chi connectivity index (χ1) is 43.1. The summed E-state index contributed by atoms with van der Waals surface area (Å²) < 4.78 is 0. The number of nitrogens with one attached hydrogen (secondary N) is 3. The lowest BCUT2D eigenvalue weighted by molar-refractivity contribution is -0.385. The minimum absolute atomic E-state index is 0.0179. The molecule has 7 rings (SSSR count). The normalized spacial score (nSPS) is 9.74. The summed E-state index contributed by atoms with van der Waals surface area (Å²) in [6, 6.07) is 24.9. The van der Waals surface area contributed by atoms with Crippen LogP contribution in [0.4, 0.5) is 68.2 Å². The van der Waals surface area contributed by atoms with Gasteiger partial charge in [-0.05, 0) is 128 Å². The Morgan fingerprint density at radius 3 is 1.14 bits per heavy atom. The lowest BCUT2D eigenvalue weighted by Gasteiger charge is -2.08. The van der Waals surface area contributed by atoms with E-state index in [0.717, 1.165) is 46.3 Å². The second kappa shape index (κ2) is 36.3. The van der Waals surface area contributed by atoms with Crippen LogP contribution in [-0.4, -0.2) is 75.9 Å². The van der Waals surface area contributed by atoms with Gasteiger partial charge in [0.15, 0.2) is 6.29 Å². The second-order valence-corrected chi connectivity index (χ2v) is 20.4. The number of carbonyl (C=O) groups is 6. The van der Waals surface area contributed by atoms with Gasteiger partial charge < -0.3 is 54.2 Å². The molecule has 0 fully saturated rings. The lowest BCUT2D eigenvalue weighted by Crippen LogP contribution is -2.11.